The zero-order chi connectivity index (χ0) is 22.1. The molecule has 1 aliphatic heterocycles. The first kappa shape index (κ1) is 21.1. The molecule has 1 fully saturated rings. The second-order valence-electron chi connectivity index (χ2n) is 7.71. The van der Waals surface area contributed by atoms with Crippen molar-refractivity contribution in [1.29, 1.82) is 0 Å². The molecule has 162 valence electrons. The Morgan fingerprint density at radius 3 is 2.65 bits per heavy atom. The second-order valence-corrected chi connectivity index (χ2v) is 8.07. The van der Waals surface area contributed by atoms with Crippen LogP contribution in [0.15, 0.2) is 35.5 Å². The monoisotopic (exact) mass is 443 g/mol. The molecule has 3 heterocycles. The summed E-state index contributed by atoms with van der Waals surface area (Å²) in [5.74, 6) is -0.833. The zero-order valence-corrected chi connectivity index (χ0v) is 18.1. The first-order chi connectivity index (χ1) is 14.8. The molecule has 3 aromatic rings. The number of rotatable bonds is 3. The minimum atomic E-state index is -0.895. The van der Waals surface area contributed by atoms with E-state index < -0.39 is 11.6 Å². The van der Waals surface area contributed by atoms with Crippen molar-refractivity contribution in [3.05, 3.63) is 47.7 Å². The van der Waals surface area contributed by atoms with E-state index >= 15 is 0 Å². The van der Waals surface area contributed by atoms with Gasteiger partial charge in [-0.25, -0.2) is 18.3 Å². The molecule has 31 heavy (non-hydrogen) atoms. The van der Waals surface area contributed by atoms with Gasteiger partial charge in [0.15, 0.2) is 22.4 Å². The van der Waals surface area contributed by atoms with Gasteiger partial charge in [0.05, 0.1) is 5.84 Å². The van der Waals surface area contributed by atoms with Gasteiger partial charge < -0.3 is 16.0 Å². The number of aryl methyl sites for hydroxylation is 1. The summed E-state index contributed by atoms with van der Waals surface area (Å²) in [4.78, 5) is 10.8. The zero-order valence-electron chi connectivity index (χ0n) is 17.3. The quantitative estimate of drug-likeness (QED) is 0.366. The number of aromatic nitrogens is 3. The first-order valence-electron chi connectivity index (χ1n) is 9.99. The highest BCUT2D eigenvalue weighted by molar-refractivity contribution is 7.80. The fourth-order valence-electron chi connectivity index (χ4n) is 3.68. The van der Waals surface area contributed by atoms with Crippen LogP contribution in [-0.2, 0) is 0 Å². The summed E-state index contributed by atoms with van der Waals surface area (Å²) in [6.45, 7) is 5.16. The Bertz CT molecular complexity index is 1160. The number of hydrogen-bond donors (Lipinski definition) is 2. The molecule has 0 radical (unpaired) electrons. The van der Waals surface area contributed by atoms with E-state index in [-0.39, 0.29) is 6.04 Å². The molecule has 0 bridgehead atoms. The van der Waals surface area contributed by atoms with Gasteiger partial charge in [0.25, 0.3) is 0 Å². The highest BCUT2D eigenvalue weighted by atomic mass is 32.1. The van der Waals surface area contributed by atoms with E-state index in [1.54, 1.807) is 17.5 Å². The Morgan fingerprint density at radius 2 is 1.97 bits per heavy atom. The molecule has 0 amide bonds. The average molecular weight is 444 g/mol. The summed E-state index contributed by atoms with van der Waals surface area (Å²) >= 11 is 5.31. The molecule has 0 atom stereocenters. The lowest BCUT2D eigenvalue weighted by molar-refractivity contribution is 0.325. The molecule has 7 nitrogen and oxygen atoms in total. The van der Waals surface area contributed by atoms with E-state index in [1.807, 2.05) is 24.1 Å². The fraction of sp³-hybridized carbons (Fsp3) is 0.333. The Labute approximate surface area is 184 Å². The number of piperidine rings is 1. The maximum absolute atomic E-state index is 13.8. The largest absolute Gasteiger partial charge is 0.387 e. The number of likely N-dealkylation sites (tertiary alicyclic amines) is 1. The first-order valence-corrected chi connectivity index (χ1v) is 10.4. The fourth-order valence-corrected chi connectivity index (χ4v) is 4.00. The number of halogens is 2. The van der Waals surface area contributed by atoms with Crippen LogP contribution in [0, 0.1) is 18.6 Å². The Kier molecular flexibility index (Phi) is 5.81. The molecule has 4 rings (SSSR count). The Hall–Kier alpha value is -3.14. The van der Waals surface area contributed by atoms with Crippen LogP contribution in [0.2, 0.25) is 0 Å². The number of benzene rings is 1. The lowest BCUT2D eigenvalue weighted by Crippen LogP contribution is -2.41. The summed E-state index contributed by atoms with van der Waals surface area (Å²) in [7, 11) is 0. The molecule has 0 saturated carbocycles. The van der Waals surface area contributed by atoms with Gasteiger partial charge in [0, 0.05) is 30.9 Å². The van der Waals surface area contributed by atoms with Gasteiger partial charge in [0.2, 0.25) is 5.95 Å². The van der Waals surface area contributed by atoms with Crippen LogP contribution in [0.25, 0.3) is 16.8 Å². The van der Waals surface area contributed by atoms with Crippen molar-refractivity contribution in [2.45, 2.75) is 32.7 Å². The van der Waals surface area contributed by atoms with E-state index in [2.05, 4.69) is 20.4 Å². The molecule has 0 unspecified atom stereocenters. The maximum Gasteiger partial charge on any atom is 0.243 e. The van der Waals surface area contributed by atoms with Crippen molar-refractivity contribution in [3.8, 4) is 11.1 Å². The van der Waals surface area contributed by atoms with E-state index in [1.165, 1.54) is 6.07 Å². The van der Waals surface area contributed by atoms with Crippen LogP contribution in [-0.4, -0.2) is 49.6 Å². The van der Waals surface area contributed by atoms with Gasteiger partial charge in [-0.2, -0.15) is 4.98 Å². The van der Waals surface area contributed by atoms with Crippen LogP contribution in [0.4, 0.5) is 14.7 Å². The lowest BCUT2D eigenvalue weighted by Gasteiger charge is -2.32. The van der Waals surface area contributed by atoms with Crippen LogP contribution >= 0.6 is 12.2 Å². The number of nitrogens with two attached hydrogens (primary N) is 1. The summed E-state index contributed by atoms with van der Waals surface area (Å²) in [5, 5.41) is 8.43. The van der Waals surface area contributed by atoms with Crippen molar-refractivity contribution in [1.82, 2.24) is 19.5 Å². The number of aliphatic imine (C=N–C) groups is 1. The molecule has 0 spiro atoms. The van der Waals surface area contributed by atoms with Gasteiger partial charge in [-0.1, -0.05) is 6.07 Å². The number of nitrogens with zero attached hydrogens (tertiary/aromatic N) is 5. The Morgan fingerprint density at radius 1 is 1.23 bits per heavy atom. The highest BCUT2D eigenvalue weighted by Crippen LogP contribution is 2.27. The van der Waals surface area contributed by atoms with E-state index in [4.69, 9.17) is 18.0 Å². The summed E-state index contributed by atoms with van der Waals surface area (Å²) in [5.41, 5.74) is 8.35. The standard InChI is InChI=1S/C21H23F2N7S/c1-12-9-16(14-3-4-17(22)18(23)10-14)19-27-20(28-30(19)11-12)26-15-5-7-29(8-6-15)21(31)25-13(2)24/h3-4,9-11,15H,5-8H2,1-2H3,(H,26,28)(H2,24,25,31). The molecule has 1 aliphatic rings. The van der Waals surface area contributed by atoms with E-state index in [9.17, 15) is 8.78 Å². The molecule has 1 saturated heterocycles. The predicted octanol–water partition coefficient (Wildman–Crippen LogP) is 3.52. The number of nitrogens with one attached hydrogen (secondary N) is 1. The van der Waals surface area contributed by atoms with Crippen molar-refractivity contribution >= 4 is 34.8 Å². The summed E-state index contributed by atoms with van der Waals surface area (Å²) < 4.78 is 28.8. The molecule has 1 aromatic carbocycles. The topological polar surface area (TPSA) is 83.8 Å². The van der Waals surface area contributed by atoms with Crippen LogP contribution in [0.1, 0.15) is 25.3 Å². The molecule has 10 heteroatoms. The van der Waals surface area contributed by atoms with Crippen LogP contribution in [0.3, 0.4) is 0 Å². The third-order valence-electron chi connectivity index (χ3n) is 5.17. The van der Waals surface area contributed by atoms with Crippen molar-refractivity contribution in [2.24, 2.45) is 10.7 Å². The van der Waals surface area contributed by atoms with Gasteiger partial charge in [-0.3, -0.25) is 0 Å². The number of amidine groups is 1. The highest BCUT2D eigenvalue weighted by Gasteiger charge is 2.22. The molecular weight excluding hydrogens is 420 g/mol. The van der Waals surface area contributed by atoms with E-state index in [0.717, 1.165) is 37.6 Å². The molecule has 2 aromatic heterocycles. The summed E-state index contributed by atoms with van der Waals surface area (Å²) in [6, 6.07) is 5.91. The SMILES string of the molecule is C/C(N)=N/C(=S)N1CCC(Nc2nc3c(-c4ccc(F)c(F)c4)cc(C)cn3n2)CC1. The Balaban J connectivity index is 1.53. The number of fused-ring (bicyclic) bond motifs is 1. The minimum Gasteiger partial charge on any atom is -0.387 e. The normalized spacial score (nSPS) is 15.5. The lowest BCUT2D eigenvalue weighted by atomic mass is 10.1. The molecule has 0 aliphatic carbocycles. The molecule has 3 N–H and O–H groups in total. The van der Waals surface area contributed by atoms with Crippen molar-refractivity contribution in [2.75, 3.05) is 18.4 Å². The van der Waals surface area contributed by atoms with Gasteiger partial charge in [0.1, 0.15) is 0 Å². The summed E-state index contributed by atoms with van der Waals surface area (Å²) in [6.07, 6.45) is 3.55. The smallest absolute Gasteiger partial charge is 0.243 e. The van der Waals surface area contributed by atoms with Gasteiger partial charge in [-0.05, 0) is 68.2 Å². The number of hydrogen-bond acceptors (Lipinski definition) is 4. The predicted molar refractivity (Wildman–Crippen MR) is 121 cm³/mol. The van der Waals surface area contributed by atoms with Crippen LogP contribution < -0.4 is 11.1 Å². The third kappa shape index (κ3) is 4.63. The van der Waals surface area contributed by atoms with Crippen molar-refractivity contribution < 1.29 is 8.78 Å². The molecular formula is C21H23F2N7S. The van der Waals surface area contributed by atoms with Crippen molar-refractivity contribution in [3.63, 3.8) is 0 Å². The number of pyridine rings is 1. The van der Waals surface area contributed by atoms with E-state index in [0.29, 0.717) is 33.7 Å². The average Bonchev–Trinajstić information content (AvgIpc) is 3.11. The minimum absolute atomic E-state index is 0.187. The second kappa shape index (κ2) is 8.54. The van der Waals surface area contributed by atoms with Gasteiger partial charge >= 0.3 is 0 Å². The van der Waals surface area contributed by atoms with Gasteiger partial charge in [-0.15, -0.1) is 5.10 Å². The number of thiocarbonyl (C=S) groups is 1. The third-order valence-corrected chi connectivity index (χ3v) is 5.52. The number of anilines is 1. The maximum atomic E-state index is 13.8. The van der Waals surface area contributed by atoms with Crippen LogP contribution in [0.5, 0.6) is 0 Å².